The highest BCUT2D eigenvalue weighted by atomic mass is 32.2. The van der Waals surface area contributed by atoms with Crippen LogP contribution in [0, 0.1) is 13.8 Å². The van der Waals surface area contributed by atoms with Crippen molar-refractivity contribution in [2.75, 3.05) is 31.6 Å². The maximum Gasteiger partial charge on any atom is 0.264 e. The highest BCUT2D eigenvalue weighted by Crippen LogP contribution is 2.34. The molecule has 0 saturated heterocycles. The number of anilines is 1. The van der Waals surface area contributed by atoms with Crippen LogP contribution in [0.2, 0.25) is 0 Å². The van der Waals surface area contributed by atoms with Gasteiger partial charge in [-0.3, -0.25) is 13.9 Å². The number of ether oxygens (including phenoxy) is 2. The number of hydrogen-bond acceptors (Lipinski definition) is 6. The van der Waals surface area contributed by atoms with Gasteiger partial charge < -0.3 is 19.7 Å². The Kier molecular flexibility index (Phi) is 10.2. The van der Waals surface area contributed by atoms with Crippen LogP contribution in [0.1, 0.15) is 30.5 Å². The first-order valence-corrected chi connectivity index (χ1v) is 14.4. The standard InChI is InChI=1S/C30H37N3O6S/c1-7-31-30(35)23(4)32(19-24-12-8-21(2)9-13-24)29(34)20-33(25-14-17-27(38-5)28(18-25)39-6)40(36,37)26-15-10-22(3)11-16-26/h8-18,23H,7,19-20H2,1-6H3,(H,31,35)/t23-/m1/s1. The number of amides is 2. The van der Waals surface area contributed by atoms with Gasteiger partial charge in [0.1, 0.15) is 12.6 Å². The molecule has 0 spiro atoms. The first kappa shape index (κ1) is 30.5. The summed E-state index contributed by atoms with van der Waals surface area (Å²) in [7, 11) is -1.26. The van der Waals surface area contributed by atoms with Crippen molar-refractivity contribution in [3.05, 3.63) is 83.4 Å². The van der Waals surface area contributed by atoms with Crippen LogP contribution in [0.5, 0.6) is 11.5 Å². The molecule has 0 aliphatic rings. The van der Waals surface area contributed by atoms with E-state index >= 15 is 0 Å². The summed E-state index contributed by atoms with van der Waals surface area (Å²) in [4.78, 5) is 28.2. The summed E-state index contributed by atoms with van der Waals surface area (Å²) < 4.78 is 39.7. The van der Waals surface area contributed by atoms with E-state index in [0.717, 1.165) is 21.0 Å². The average Bonchev–Trinajstić information content (AvgIpc) is 2.95. The first-order valence-electron chi connectivity index (χ1n) is 13.0. The van der Waals surface area contributed by atoms with E-state index in [1.807, 2.05) is 38.1 Å². The van der Waals surface area contributed by atoms with Crippen LogP contribution in [0.3, 0.4) is 0 Å². The second-order valence-electron chi connectivity index (χ2n) is 9.44. The summed E-state index contributed by atoms with van der Waals surface area (Å²) in [6.07, 6.45) is 0. The Hall–Kier alpha value is -4.05. The third-order valence-corrected chi connectivity index (χ3v) is 8.32. The van der Waals surface area contributed by atoms with Crippen molar-refractivity contribution in [1.29, 1.82) is 0 Å². The van der Waals surface area contributed by atoms with E-state index < -0.39 is 28.5 Å². The molecule has 10 heteroatoms. The van der Waals surface area contributed by atoms with Gasteiger partial charge in [0.05, 0.1) is 24.8 Å². The third kappa shape index (κ3) is 7.12. The van der Waals surface area contributed by atoms with Crippen molar-refractivity contribution >= 4 is 27.5 Å². The highest BCUT2D eigenvalue weighted by Gasteiger charge is 2.33. The van der Waals surface area contributed by atoms with Gasteiger partial charge in [-0.25, -0.2) is 8.42 Å². The van der Waals surface area contributed by atoms with Crippen LogP contribution in [-0.4, -0.2) is 58.5 Å². The van der Waals surface area contributed by atoms with Crippen LogP contribution in [0.15, 0.2) is 71.6 Å². The molecule has 0 aliphatic carbocycles. The van der Waals surface area contributed by atoms with Crippen LogP contribution >= 0.6 is 0 Å². The van der Waals surface area contributed by atoms with E-state index in [-0.39, 0.29) is 23.0 Å². The molecule has 0 aliphatic heterocycles. The first-order chi connectivity index (χ1) is 19.0. The lowest BCUT2D eigenvalue weighted by Gasteiger charge is -2.32. The number of methoxy groups -OCH3 is 2. The Labute approximate surface area is 236 Å². The van der Waals surface area contributed by atoms with Crippen LogP contribution < -0.4 is 19.1 Å². The number of aryl methyl sites for hydroxylation is 2. The maximum atomic E-state index is 14.0. The Morgan fingerprint density at radius 1 is 0.875 bits per heavy atom. The average molecular weight is 568 g/mol. The van der Waals surface area contributed by atoms with Gasteiger partial charge in [-0.2, -0.15) is 0 Å². The fourth-order valence-electron chi connectivity index (χ4n) is 4.14. The van der Waals surface area contributed by atoms with E-state index in [1.165, 1.54) is 37.3 Å². The Morgan fingerprint density at radius 2 is 1.45 bits per heavy atom. The lowest BCUT2D eigenvalue weighted by molar-refractivity contribution is -0.139. The molecule has 3 aromatic carbocycles. The zero-order chi connectivity index (χ0) is 29.4. The van der Waals surface area contributed by atoms with Gasteiger partial charge in [0.2, 0.25) is 11.8 Å². The number of carbonyl (C=O) groups excluding carboxylic acids is 2. The second-order valence-corrected chi connectivity index (χ2v) is 11.3. The minimum atomic E-state index is -4.19. The fourth-order valence-corrected chi connectivity index (χ4v) is 5.55. The molecule has 214 valence electrons. The Morgan fingerprint density at radius 3 is 2.00 bits per heavy atom. The van der Waals surface area contributed by atoms with Crippen molar-refractivity contribution in [3.8, 4) is 11.5 Å². The van der Waals surface area contributed by atoms with Crippen molar-refractivity contribution in [1.82, 2.24) is 10.2 Å². The number of nitrogens with one attached hydrogen (secondary N) is 1. The lowest BCUT2D eigenvalue weighted by atomic mass is 10.1. The molecule has 2 amide bonds. The number of benzene rings is 3. The largest absolute Gasteiger partial charge is 0.493 e. The number of sulfonamides is 1. The van der Waals surface area contributed by atoms with E-state index in [4.69, 9.17) is 9.47 Å². The van der Waals surface area contributed by atoms with Gasteiger partial charge in [0, 0.05) is 19.2 Å². The van der Waals surface area contributed by atoms with Crippen molar-refractivity contribution in [2.24, 2.45) is 0 Å². The van der Waals surface area contributed by atoms with Gasteiger partial charge in [-0.15, -0.1) is 0 Å². The minimum Gasteiger partial charge on any atom is -0.493 e. The van der Waals surface area contributed by atoms with E-state index in [9.17, 15) is 18.0 Å². The molecular formula is C30H37N3O6S. The van der Waals surface area contributed by atoms with Crippen molar-refractivity contribution in [2.45, 2.75) is 45.2 Å². The van der Waals surface area contributed by atoms with E-state index in [0.29, 0.717) is 18.0 Å². The maximum absolute atomic E-state index is 14.0. The fraction of sp³-hybridized carbons (Fsp3) is 0.333. The van der Waals surface area contributed by atoms with Gasteiger partial charge >= 0.3 is 0 Å². The van der Waals surface area contributed by atoms with E-state index in [2.05, 4.69) is 5.32 Å². The molecule has 3 aromatic rings. The smallest absolute Gasteiger partial charge is 0.264 e. The lowest BCUT2D eigenvalue weighted by Crippen LogP contribution is -2.51. The number of hydrogen-bond donors (Lipinski definition) is 1. The number of likely N-dealkylation sites (N-methyl/N-ethyl adjacent to an activating group) is 1. The predicted octanol–water partition coefficient (Wildman–Crippen LogP) is 4.07. The molecule has 1 atom stereocenters. The van der Waals surface area contributed by atoms with Crippen LogP contribution in [-0.2, 0) is 26.2 Å². The molecule has 40 heavy (non-hydrogen) atoms. The summed E-state index contributed by atoms with van der Waals surface area (Å²) in [5, 5.41) is 2.75. The van der Waals surface area contributed by atoms with E-state index in [1.54, 1.807) is 38.1 Å². The Bertz CT molecular complexity index is 1420. The van der Waals surface area contributed by atoms with Gasteiger partial charge in [0.25, 0.3) is 10.0 Å². The molecule has 0 fully saturated rings. The SMILES string of the molecule is CCNC(=O)[C@@H](C)N(Cc1ccc(C)cc1)C(=O)CN(c1ccc(OC)c(OC)c1)S(=O)(=O)c1ccc(C)cc1. The molecule has 0 unspecified atom stereocenters. The molecule has 0 heterocycles. The molecule has 0 bridgehead atoms. The number of nitrogens with zero attached hydrogens (tertiary/aromatic N) is 2. The molecule has 1 N–H and O–H groups in total. The van der Waals surface area contributed by atoms with Crippen molar-refractivity contribution in [3.63, 3.8) is 0 Å². The quantitative estimate of drug-likeness (QED) is 0.354. The zero-order valence-corrected chi connectivity index (χ0v) is 24.6. The summed E-state index contributed by atoms with van der Waals surface area (Å²) in [5.74, 6) is -0.147. The monoisotopic (exact) mass is 567 g/mol. The molecule has 0 aromatic heterocycles. The number of rotatable bonds is 12. The Balaban J connectivity index is 2.08. The van der Waals surface area contributed by atoms with Gasteiger partial charge in [-0.05, 0) is 57.5 Å². The van der Waals surface area contributed by atoms with Crippen LogP contribution in [0.4, 0.5) is 5.69 Å². The molecule has 0 radical (unpaired) electrons. The molecule has 0 saturated carbocycles. The highest BCUT2D eigenvalue weighted by molar-refractivity contribution is 7.92. The number of carbonyl (C=O) groups is 2. The summed E-state index contributed by atoms with van der Waals surface area (Å²) in [6, 6.07) is 17.8. The molecular weight excluding hydrogens is 530 g/mol. The topological polar surface area (TPSA) is 105 Å². The zero-order valence-electron chi connectivity index (χ0n) is 23.8. The van der Waals surface area contributed by atoms with Gasteiger partial charge in [0.15, 0.2) is 11.5 Å². The minimum absolute atomic E-state index is 0.0301. The summed E-state index contributed by atoms with van der Waals surface area (Å²) >= 11 is 0. The molecule has 9 nitrogen and oxygen atoms in total. The predicted molar refractivity (Wildman–Crippen MR) is 155 cm³/mol. The second kappa shape index (κ2) is 13.3. The van der Waals surface area contributed by atoms with Crippen LogP contribution in [0.25, 0.3) is 0 Å². The normalized spacial score (nSPS) is 11.8. The summed E-state index contributed by atoms with van der Waals surface area (Å²) in [5.41, 5.74) is 2.98. The summed E-state index contributed by atoms with van der Waals surface area (Å²) in [6.45, 7) is 7.23. The third-order valence-electron chi connectivity index (χ3n) is 6.53. The van der Waals surface area contributed by atoms with Gasteiger partial charge in [-0.1, -0.05) is 47.5 Å². The van der Waals surface area contributed by atoms with Crippen molar-refractivity contribution < 1.29 is 27.5 Å². The molecule has 3 rings (SSSR count).